The van der Waals surface area contributed by atoms with Crippen LogP contribution in [0.2, 0.25) is 5.02 Å². The molecule has 2 heterocycles. The number of amides is 1. The van der Waals surface area contributed by atoms with Gasteiger partial charge in [0, 0.05) is 26.2 Å². The number of halogens is 1. The van der Waals surface area contributed by atoms with Crippen LogP contribution in [-0.4, -0.2) is 73.1 Å². The molecule has 0 atom stereocenters. The highest BCUT2D eigenvalue weighted by molar-refractivity contribution is 8.26. The van der Waals surface area contributed by atoms with Crippen LogP contribution in [-0.2, 0) is 9.53 Å². The Morgan fingerprint density at radius 2 is 2.07 bits per heavy atom. The summed E-state index contributed by atoms with van der Waals surface area (Å²) in [6.45, 7) is 6.96. The zero-order valence-electron chi connectivity index (χ0n) is 15.9. The number of rotatable bonds is 7. The molecule has 1 amide bonds. The van der Waals surface area contributed by atoms with Crippen LogP contribution in [0.5, 0.6) is 11.5 Å². The van der Waals surface area contributed by atoms with Crippen LogP contribution in [0.15, 0.2) is 17.0 Å². The summed E-state index contributed by atoms with van der Waals surface area (Å²) in [7, 11) is 1.56. The molecule has 152 valence electrons. The standard InChI is InChI=1S/C19H23ClN2O4S2/c1-3-26-17-14(20)10-13(11-15(17)24-2)12-16-18(23)22(19(27)28-16)5-4-21-6-8-25-9-7-21/h10-12H,3-9H2,1-2H3/b16-12+. The van der Waals surface area contributed by atoms with Crippen LogP contribution in [0.1, 0.15) is 12.5 Å². The molecular formula is C19H23ClN2O4S2. The highest BCUT2D eigenvalue weighted by Gasteiger charge is 2.32. The molecule has 0 saturated carbocycles. The lowest BCUT2D eigenvalue weighted by Gasteiger charge is -2.28. The minimum Gasteiger partial charge on any atom is -0.493 e. The Bertz CT molecular complexity index is 781. The Labute approximate surface area is 179 Å². The first kappa shape index (κ1) is 21.4. The van der Waals surface area contributed by atoms with Crippen molar-refractivity contribution >= 4 is 51.9 Å². The highest BCUT2D eigenvalue weighted by Crippen LogP contribution is 2.39. The van der Waals surface area contributed by atoms with Gasteiger partial charge in [0.25, 0.3) is 5.91 Å². The lowest BCUT2D eigenvalue weighted by molar-refractivity contribution is -0.122. The first-order valence-corrected chi connectivity index (χ1v) is 10.7. The lowest BCUT2D eigenvalue weighted by Crippen LogP contribution is -2.42. The van der Waals surface area contributed by atoms with Crippen molar-refractivity contribution in [1.82, 2.24) is 9.80 Å². The fourth-order valence-electron chi connectivity index (χ4n) is 3.02. The van der Waals surface area contributed by atoms with Crippen molar-refractivity contribution in [2.24, 2.45) is 0 Å². The van der Waals surface area contributed by atoms with E-state index in [1.807, 2.05) is 6.92 Å². The maximum atomic E-state index is 12.8. The quantitative estimate of drug-likeness (QED) is 0.474. The maximum Gasteiger partial charge on any atom is 0.266 e. The second-order valence-electron chi connectivity index (χ2n) is 6.25. The van der Waals surface area contributed by atoms with Crippen LogP contribution in [0, 0.1) is 0 Å². The minimum atomic E-state index is -0.0766. The van der Waals surface area contributed by atoms with Gasteiger partial charge < -0.3 is 14.2 Å². The van der Waals surface area contributed by atoms with Crippen molar-refractivity contribution in [3.63, 3.8) is 0 Å². The summed E-state index contributed by atoms with van der Waals surface area (Å²) < 4.78 is 16.8. The van der Waals surface area contributed by atoms with Gasteiger partial charge in [-0.05, 0) is 30.7 Å². The van der Waals surface area contributed by atoms with Gasteiger partial charge in [0.2, 0.25) is 0 Å². The molecule has 2 aliphatic heterocycles. The number of ether oxygens (including phenoxy) is 3. The normalized spacial score (nSPS) is 19.5. The molecule has 0 aromatic heterocycles. The zero-order chi connectivity index (χ0) is 20.1. The van der Waals surface area contributed by atoms with Gasteiger partial charge in [-0.3, -0.25) is 14.6 Å². The molecule has 0 N–H and O–H groups in total. The summed E-state index contributed by atoms with van der Waals surface area (Å²) in [6, 6.07) is 3.56. The number of thioether (sulfide) groups is 1. The van der Waals surface area contributed by atoms with Gasteiger partial charge in [-0.15, -0.1) is 0 Å². The third kappa shape index (κ3) is 4.99. The molecule has 2 fully saturated rings. The van der Waals surface area contributed by atoms with E-state index < -0.39 is 0 Å². The Hall–Kier alpha value is -1.32. The molecule has 0 bridgehead atoms. The van der Waals surface area contributed by atoms with Gasteiger partial charge in [-0.1, -0.05) is 35.6 Å². The van der Waals surface area contributed by atoms with Crippen molar-refractivity contribution in [2.45, 2.75) is 6.92 Å². The van der Waals surface area contributed by atoms with Gasteiger partial charge >= 0.3 is 0 Å². The topological polar surface area (TPSA) is 51.2 Å². The van der Waals surface area contributed by atoms with E-state index in [0.717, 1.165) is 38.4 Å². The number of benzene rings is 1. The average Bonchev–Trinajstić information content (AvgIpc) is 2.95. The van der Waals surface area contributed by atoms with Gasteiger partial charge in [0.15, 0.2) is 11.5 Å². The molecule has 0 unspecified atom stereocenters. The number of thiocarbonyl (C=S) groups is 1. The summed E-state index contributed by atoms with van der Waals surface area (Å²) in [5, 5.41) is 0.440. The van der Waals surface area contributed by atoms with E-state index in [9.17, 15) is 4.79 Å². The van der Waals surface area contributed by atoms with Crippen molar-refractivity contribution < 1.29 is 19.0 Å². The molecule has 2 aliphatic rings. The number of hydrogen-bond acceptors (Lipinski definition) is 7. The van der Waals surface area contributed by atoms with Crippen LogP contribution in [0.4, 0.5) is 0 Å². The van der Waals surface area contributed by atoms with E-state index >= 15 is 0 Å². The van der Waals surface area contributed by atoms with Crippen LogP contribution >= 0.6 is 35.6 Å². The number of hydrogen-bond donors (Lipinski definition) is 0. The number of carbonyl (C=O) groups is 1. The molecule has 3 rings (SSSR count). The fourth-order valence-corrected chi connectivity index (χ4v) is 4.60. The SMILES string of the molecule is CCOc1c(Cl)cc(/C=C2/SC(=S)N(CCN3CCOCC3)C2=O)cc1OC. The number of nitrogens with zero attached hydrogens (tertiary/aromatic N) is 2. The lowest BCUT2D eigenvalue weighted by atomic mass is 10.1. The largest absolute Gasteiger partial charge is 0.493 e. The third-order valence-corrected chi connectivity index (χ3v) is 6.11. The summed E-state index contributed by atoms with van der Waals surface area (Å²) in [5.74, 6) is 0.956. The molecule has 0 spiro atoms. The Morgan fingerprint density at radius 3 is 2.75 bits per heavy atom. The fraction of sp³-hybridized carbons (Fsp3) is 0.474. The van der Waals surface area contributed by atoms with Gasteiger partial charge in [-0.2, -0.15) is 0 Å². The predicted molar refractivity (Wildman–Crippen MR) is 116 cm³/mol. The van der Waals surface area contributed by atoms with E-state index in [-0.39, 0.29) is 5.91 Å². The van der Waals surface area contributed by atoms with E-state index in [2.05, 4.69) is 4.90 Å². The van der Waals surface area contributed by atoms with E-state index in [1.54, 1.807) is 30.2 Å². The van der Waals surface area contributed by atoms with Crippen molar-refractivity contribution in [3.8, 4) is 11.5 Å². The Kier molecular flexibility index (Phi) is 7.59. The van der Waals surface area contributed by atoms with Crippen LogP contribution < -0.4 is 9.47 Å². The Morgan fingerprint density at radius 1 is 1.32 bits per heavy atom. The second kappa shape index (κ2) is 9.93. The van der Waals surface area contributed by atoms with E-state index in [4.69, 9.17) is 38.0 Å². The summed E-state index contributed by atoms with van der Waals surface area (Å²) in [6.07, 6.45) is 1.79. The van der Waals surface area contributed by atoms with Crippen molar-refractivity contribution in [3.05, 3.63) is 27.6 Å². The van der Waals surface area contributed by atoms with Gasteiger partial charge in [0.05, 0.1) is 36.9 Å². The number of morpholine rings is 1. The molecule has 6 nitrogen and oxygen atoms in total. The monoisotopic (exact) mass is 442 g/mol. The highest BCUT2D eigenvalue weighted by atomic mass is 35.5. The first-order valence-electron chi connectivity index (χ1n) is 9.09. The molecular weight excluding hydrogens is 420 g/mol. The molecule has 28 heavy (non-hydrogen) atoms. The average molecular weight is 443 g/mol. The second-order valence-corrected chi connectivity index (χ2v) is 8.34. The van der Waals surface area contributed by atoms with Gasteiger partial charge in [0.1, 0.15) is 4.32 Å². The molecule has 9 heteroatoms. The molecule has 0 aliphatic carbocycles. The molecule has 1 aromatic rings. The summed E-state index contributed by atoms with van der Waals surface area (Å²) in [5.41, 5.74) is 0.763. The van der Waals surface area contributed by atoms with Crippen molar-refractivity contribution in [1.29, 1.82) is 0 Å². The van der Waals surface area contributed by atoms with Crippen molar-refractivity contribution in [2.75, 3.05) is 53.1 Å². The molecule has 2 saturated heterocycles. The first-order chi connectivity index (χ1) is 13.5. The smallest absolute Gasteiger partial charge is 0.266 e. The number of carbonyl (C=O) groups excluding carboxylic acids is 1. The van der Waals surface area contributed by atoms with E-state index in [0.29, 0.717) is 38.9 Å². The predicted octanol–water partition coefficient (Wildman–Crippen LogP) is 3.28. The maximum absolute atomic E-state index is 12.8. The molecule has 1 aromatic carbocycles. The summed E-state index contributed by atoms with van der Waals surface area (Å²) >= 11 is 13.1. The zero-order valence-corrected chi connectivity index (χ0v) is 18.3. The van der Waals surface area contributed by atoms with Crippen LogP contribution in [0.3, 0.4) is 0 Å². The van der Waals surface area contributed by atoms with E-state index in [1.165, 1.54) is 11.8 Å². The third-order valence-electron chi connectivity index (χ3n) is 4.46. The van der Waals surface area contributed by atoms with Gasteiger partial charge in [-0.25, -0.2) is 0 Å². The molecule has 0 radical (unpaired) electrons. The summed E-state index contributed by atoms with van der Waals surface area (Å²) in [4.78, 5) is 17.3. The number of methoxy groups -OCH3 is 1. The Balaban J connectivity index is 1.73. The van der Waals surface area contributed by atoms with Crippen LogP contribution in [0.25, 0.3) is 6.08 Å². The minimum absolute atomic E-state index is 0.0766.